The summed E-state index contributed by atoms with van der Waals surface area (Å²) in [5.41, 5.74) is 2.32. The highest BCUT2D eigenvalue weighted by Gasteiger charge is 2.15. The average Bonchev–Trinajstić information content (AvgIpc) is 3.20. The molecule has 0 unspecified atom stereocenters. The molecule has 0 aliphatic rings. The van der Waals surface area contributed by atoms with E-state index in [0.717, 1.165) is 21.4 Å². The molecule has 1 amide bonds. The average molecular weight is 356 g/mol. The van der Waals surface area contributed by atoms with Gasteiger partial charge in [0, 0.05) is 17.5 Å². The second kappa shape index (κ2) is 7.37. The molecular formula is C17H16N4OS2. The van der Waals surface area contributed by atoms with Gasteiger partial charge in [-0.2, -0.15) is 0 Å². The molecule has 24 heavy (non-hydrogen) atoms. The zero-order valence-corrected chi connectivity index (χ0v) is 14.7. The van der Waals surface area contributed by atoms with Crippen LogP contribution in [0.15, 0.2) is 48.4 Å². The van der Waals surface area contributed by atoms with Crippen molar-refractivity contribution in [3.05, 3.63) is 59.6 Å². The fraction of sp³-hybridized carbons (Fsp3) is 0.118. The van der Waals surface area contributed by atoms with Crippen LogP contribution in [0.3, 0.4) is 0 Å². The first-order valence-electron chi connectivity index (χ1n) is 7.32. The van der Waals surface area contributed by atoms with Gasteiger partial charge in [0.05, 0.1) is 16.3 Å². The SMILES string of the molecule is C=CCNc1nc(-c2sc(NC(=O)c3ccccc3)nc2C)cs1. The van der Waals surface area contributed by atoms with Crippen molar-refractivity contribution in [2.24, 2.45) is 0 Å². The lowest BCUT2D eigenvalue weighted by Crippen LogP contribution is -2.11. The number of benzene rings is 1. The topological polar surface area (TPSA) is 66.9 Å². The van der Waals surface area contributed by atoms with Crippen molar-refractivity contribution in [2.45, 2.75) is 6.92 Å². The summed E-state index contributed by atoms with van der Waals surface area (Å²) in [4.78, 5) is 22.2. The van der Waals surface area contributed by atoms with Gasteiger partial charge in [0.2, 0.25) is 0 Å². The zero-order chi connectivity index (χ0) is 16.9. The predicted molar refractivity (Wildman–Crippen MR) is 101 cm³/mol. The first-order chi connectivity index (χ1) is 11.7. The number of hydrogen-bond donors (Lipinski definition) is 2. The van der Waals surface area contributed by atoms with E-state index in [4.69, 9.17) is 0 Å². The third-order valence-corrected chi connectivity index (χ3v) is 5.08. The molecule has 0 saturated carbocycles. The summed E-state index contributed by atoms with van der Waals surface area (Å²) in [5, 5.41) is 9.41. The first kappa shape index (κ1) is 16.4. The van der Waals surface area contributed by atoms with Gasteiger partial charge in [0.15, 0.2) is 10.3 Å². The Bertz CT molecular complexity index is 855. The Morgan fingerprint density at radius 2 is 2.04 bits per heavy atom. The number of carbonyl (C=O) groups is 1. The number of hydrogen-bond acceptors (Lipinski definition) is 6. The predicted octanol–water partition coefficient (Wildman–Crippen LogP) is 4.43. The van der Waals surface area contributed by atoms with Gasteiger partial charge in [-0.25, -0.2) is 9.97 Å². The molecule has 0 aliphatic carbocycles. The van der Waals surface area contributed by atoms with Crippen molar-refractivity contribution >= 4 is 38.8 Å². The molecule has 2 aromatic heterocycles. The highest BCUT2D eigenvalue weighted by Crippen LogP contribution is 2.34. The third-order valence-electron chi connectivity index (χ3n) is 3.19. The number of rotatable bonds is 6. The van der Waals surface area contributed by atoms with E-state index in [9.17, 15) is 4.79 Å². The van der Waals surface area contributed by atoms with Crippen LogP contribution in [0.4, 0.5) is 10.3 Å². The molecule has 5 nitrogen and oxygen atoms in total. The normalized spacial score (nSPS) is 10.4. The Balaban J connectivity index is 1.76. The van der Waals surface area contributed by atoms with Gasteiger partial charge in [0.25, 0.3) is 5.91 Å². The number of aromatic nitrogens is 2. The highest BCUT2D eigenvalue weighted by molar-refractivity contribution is 7.20. The van der Waals surface area contributed by atoms with Crippen molar-refractivity contribution in [1.82, 2.24) is 9.97 Å². The van der Waals surface area contributed by atoms with Crippen LogP contribution in [-0.4, -0.2) is 22.4 Å². The van der Waals surface area contributed by atoms with E-state index in [-0.39, 0.29) is 5.91 Å². The molecule has 0 aliphatic heterocycles. The molecule has 2 heterocycles. The number of nitrogens with zero attached hydrogens (tertiary/aromatic N) is 2. The molecule has 0 atom stereocenters. The molecular weight excluding hydrogens is 340 g/mol. The van der Waals surface area contributed by atoms with Gasteiger partial charge in [-0.05, 0) is 19.1 Å². The quantitative estimate of drug-likeness (QED) is 0.641. The molecule has 0 bridgehead atoms. The maximum Gasteiger partial charge on any atom is 0.257 e. The van der Waals surface area contributed by atoms with E-state index in [1.54, 1.807) is 18.2 Å². The zero-order valence-electron chi connectivity index (χ0n) is 13.1. The van der Waals surface area contributed by atoms with Crippen molar-refractivity contribution in [3.8, 4) is 10.6 Å². The molecule has 0 radical (unpaired) electrons. The molecule has 122 valence electrons. The number of anilines is 2. The van der Waals surface area contributed by atoms with E-state index in [2.05, 4.69) is 27.2 Å². The van der Waals surface area contributed by atoms with Gasteiger partial charge in [-0.3, -0.25) is 10.1 Å². The molecule has 0 saturated heterocycles. The third kappa shape index (κ3) is 3.69. The van der Waals surface area contributed by atoms with Crippen molar-refractivity contribution in [2.75, 3.05) is 17.2 Å². The maximum atomic E-state index is 12.2. The van der Waals surface area contributed by atoms with E-state index in [1.165, 1.54) is 22.7 Å². The van der Waals surface area contributed by atoms with Crippen LogP contribution in [0.1, 0.15) is 16.1 Å². The fourth-order valence-electron chi connectivity index (χ4n) is 2.07. The molecule has 1 aromatic carbocycles. The lowest BCUT2D eigenvalue weighted by atomic mass is 10.2. The van der Waals surface area contributed by atoms with Crippen molar-refractivity contribution < 1.29 is 4.79 Å². The Morgan fingerprint density at radius 3 is 2.79 bits per heavy atom. The standard InChI is InChI=1S/C17H16N4OS2/c1-3-9-18-16-20-13(10-23-16)14-11(2)19-17(24-14)21-15(22)12-7-5-4-6-8-12/h3-8,10H,1,9H2,2H3,(H,18,20)(H,19,21,22). The molecule has 3 aromatic rings. The highest BCUT2D eigenvalue weighted by atomic mass is 32.1. The first-order valence-corrected chi connectivity index (χ1v) is 9.01. The Hall–Kier alpha value is -2.51. The van der Waals surface area contributed by atoms with Crippen LogP contribution in [0.2, 0.25) is 0 Å². The maximum absolute atomic E-state index is 12.2. The number of amides is 1. The second-order valence-electron chi connectivity index (χ2n) is 4.96. The Kier molecular flexibility index (Phi) is 5.02. The minimum absolute atomic E-state index is 0.164. The molecule has 7 heteroatoms. The van der Waals surface area contributed by atoms with Gasteiger partial charge >= 0.3 is 0 Å². The van der Waals surface area contributed by atoms with Gasteiger partial charge in [-0.1, -0.05) is 35.6 Å². The lowest BCUT2D eigenvalue weighted by molar-refractivity contribution is 0.102. The van der Waals surface area contributed by atoms with E-state index < -0.39 is 0 Å². The van der Waals surface area contributed by atoms with Gasteiger partial charge in [0.1, 0.15) is 0 Å². The largest absolute Gasteiger partial charge is 0.358 e. The fourth-order valence-corrected chi connectivity index (χ4v) is 3.77. The van der Waals surface area contributed by atoms with Crippen LogP contribution in [-0.2, 0) is 0 Å². The smallest absolute Gasteiger partial charge is 0.257 e. The van der Waals surface area contributed by atoms with Crippen molar-refractivity contribution in [3.63, 3.8) is 0 Å². The Labute approximate surface area is 148 Å². The number of aryl methyl sites for hydroxylation is 1. The molecule has 3 rings (SSSR count). The summed E-state index contributed by atoms with van der Waals surface area (Å²) < 4.78 is 0. The number of nitrogens with one attached hydrogen (secondary N) is 2. The molecule has 0 spiro atoms. The van der Waals surface area contributed by atoms with Crippen LogP contribution in [0, 0.1) is 6.92 Å². The van der Waals surface area contributed by atoms with Gasteiger partial charge < -0.3 is 5.32 Å². The monoisotopic (exact) mass is 356 g/mol. The minimum atomic E-state index is -0.164. The van der Waals surface area contributed by atoms with E-state index in [0.29, 0.717) is 17.2 Å². The number of thiazole rings is 2. The molecule has 2 N–H and O–H groups in total. The lowest BCUT2D eigenvalue weighted by Gasteiger charge is -2.00. The summed E-state index contributed by atoms with van der Waals surface area (Å²) >= 11 is 2.96. The number of carbonyl (C=O) groups excluding carboxylic acids is 1. The van der Waals surface area contributed by atoms with Crippen LogP contribution >= 0.6 is 22.7 Å². The van der Waals surface area contributed by atoms with Crippen LogP contribution < -0.4 is 10.6 Å². The summed E-state index contributed by atoms with van der Waals surface area (Å²) in [6, 6.07) is 9.09. The Morgan fingerprint density at radius 1 is 1.25 bits per heavy atom. The summed E-state index contributed by atoms with van der Waals surface area (Å²) in [5.74, 6) is -0.164. The van der Waals surface area contributed by atoms with E-state index in [1.807, 2.05) is 30.5 Å². The summed E-state index contributed by atoms with van der Waals surface area (Å²) in [7, 11) is 0. The summed E-state index contributed by atoms with van der Waals surface area (Å²) in [6.07, 6.45) is 1.79. The summed E-state index contributed by atoms with van der Waals surface area (Å²) in [6.45, 7) is 6.27. The van der Waals surface area contributed by atoms with Crippen LogP contribution in [0.5, 0.6) is 0 Å². The van der Waals surface area contributed by atoms with Gasteiger partial charge in [-0.15, -0.1) is 17.9 Å². The van der Waals surface area contributed by atoms with Crippen molar-refractivity contribution in [1.29, 1.82) is 0 Å². The minimum Gasteiger partial charge on any atom is -0.358 e. The van der Waals surface area contributed by atoms with E-state index >= 15 is 0 Å². The second-order valence-corrected chi connectivity index (χ2v) is 6.82. The molecule has 0 fully saturated rings. The van der Waals surface area contributed by atoms with Crippen LogP contribution in [0.25, 0.3) is 10.6 Å².